The number of amides is 2. The number of para-hydroxylation sites is 1. The summed E-state index contributed by atoms with van der Waals surface area (Å²) in [6, 6.07) is 10.0. The maximum absolute atomic E-state index is 13.4. The number of benzene rings is 1. The van der Waals surface area contributed by atoms with Gasteiger partial charge in [0.15, 0.2) is 0 Å². The van der Waals surface area contributed by atoms with E-state index in [4.69, 9.17) is 4.74 Å². The lowest BCUT2D eigenvalue weighted by atomic mass is 9.91. The number of carbonyl (C=O) groups excluding carboxylic acids is 2. The smallest absolute Gasteiger partial charge is 0.408 e. The molecule has 0 spiro atoms. The molecule has 2 fully saturated rings. The van der Waals surface area contributed by atoms with Crippen LogP contribution in [0.15, 0.2) is 30.3 Å². The van der Waals surface area contributed by atoms with Crippen molar-refractivity contribution in [3.8, 4) is 0 Å². The fourth-order valence-corrected chi connectivity index (χ4v) is 5.83. The number of rotatable bonds is 8. The molecule has 2 amide bonds. The first-order valence-electron chi connectivity index (χ1n) is 12.5. The van der Waals surface area contributed by atoms with E-state index in [0.29, 0.717) is 24.9 Å². The number of thioether (sulfide) groups is 1. The molecule has 1 aromatic carbocycles. The van der Waals surface area contributed by atoms with Crippen LogP contribution in [0, 0.1) is 5.92 Å². The maximum Gasteiger partial charge on any atom is 0.408 e. The number of hydrogen-bond acceptors (Lipinski definition) is 5. The van der Waals surface area contributed by atoms with Crippen LogP contribution >= 0.6 is 11.8 Å². The van der Waals surface area contributed by atoms with Crippen LogP contribution in [-0.2, 0) is 9.53 Å². The van der Waals surface area contributed by atoms with Crippen LogP contribution in [0.5, 0.6) is 0 Å². The summed E-state index contributed by atoms with van der Waals surface area (Å²) in [6.07, 6.45) is 7.83. The predicted molar refractivity (Wildman–Crippen MR) is 137 cm³/mol. The minimum Gasteiger partial charge on any atom is -0.444 e. The average Bonchev–Trinajstić information content (AvgIpc) is 2.79. The Morgan fingerprint density at radius 3 is 2.36 bits per heavy atom. The summed E-state index contributed by atoms with van der Waals surface area (Å²) < 4.78 is 5.45. The zero-order chi connectivity index (χ0) is 23.7. The molecule has 184 valence electrons. The third kappa shape index (κ3) is 9.11. The number of nitrogens with zero attached hydrogens (tertiary/aromatic N) is 1. The van der Waals surface area contributed by atoms with Gasteiger partial charge in [-0.05, 0) is 70.3 Å². The monoisotopic (exact) mass is 475 g/mol. The molecular weight excluding hydrogens is 434 g/mol. The van der Waals surface area contributed by atoms with Crippen molar-refractivity contribution in [2.24, 2.45) is 5.92 Å². The Balaban J connectivity index is 1.52. The Hall–Kier alpha value is -1.89. The third-order valence-corrected chi connectivity index (χ3v) is 7.58. The molecule has 1 aliphatic carbocycles. The minimum atomic E-state index is -0.589. The summed E-state index contributed by atoms with van der Waals surface area (Å²) in [5.74, 6) is 2.40. The van der Waals surface area contributed by atoms with Crippen molar-refractivity contribution >= 4 is 29.4 Å². The molecule has 0 unspecified atom stereocenters. The summed E-state index contributed by atoms with van der Waals surface area (Å²) in [6.45, 7) is 6.91. The van der Waals surface area contributed by atoms with Crippen molar-refractivity contribution in [1.82, 2.24) is 10.2 Å². The Kier molecular flexibility index (Phi) is 9.78. The lowest BCUT2D eigenvalue weighted by molar-refractivity contribution is -0.133. The SMILES string of the molecule is CC(C)(C)OC(=O)N[C@@H](CSCC1CCCCC1)C(=O)N1CCC(Nc2ccccc2)CC1. The van der Waals surface area contributed by atoms with Crippen LogP contribution in [-0.4, -0.2) is 59.2 Å². The quantitative estimate of drug-likeness (QED) is 0.534. The van der Waals surface area contributed by atoms with Crippen molar-refractivity contribution in [2.75, 3.05) is 29.9 Å². The second-order valence-corrected chi connectivity index (χ2v) is 11.4. The number of nitrogens with one attached hydrogen (secondary N) is 2. The Labute approximate surface area is 203 Å². The molecular formula is C26H41N3O3S. The van der Waals surface area contributed by atoms with Crippen molar-refractivity contribution in [3.63, 3.8) is 0 Å². The number of alkyl carbamates (subject to hydrolysis) is 1. The molecule has 1 atom stereocenters. The number of ether oxygens (including phenoxy) is 1. The van der Waals surface area contributed by atoms with E-state index in [2.05, 4.69) is 22.8 Å². The molecule has 33 heavy (non-hydrogen) atoms. The van der Waals surface area contributed by atoms with Crippen LogP contribution in [0.4, 0.5) is 10.5 Å². The van der Waals surface area contributed by atoms with Gasteiger partial charge >= 0.3 is 6.09 Å². The summed E-state index contributed by atoms with van der Waals surface area (Å²) in [5, 5.41) is 6.44. The maximum atomic E-state index is 13.4. The molecule has 1 saturated carbocycles. The van der Waals surface area contributed by atoms with Crippen molar-refractivity contribution in [2.45, 2.75) is 83.4 Å². The molecule has 0 aromatic heterocycles. The van der Waals surface area contributed by atoms with Crippen LogP contribution in [0.25, 0.3) is 0 Å². The van der Waals surface area contributed by atoms with Gasteiger partial charge in [0.05, 0.1) is 0 Å². The molecule has 1 heterocycles. The van der Waals surface area contributed by atoms with Gasteiger partial charge in [-0.1, -0.05) is 37.5 Å². The molecule has 2 N–H and O–H groups in total. The highest BCUT2D eigenvalue weighted by Gasteiger charge is 2.31. The van der Waals surface area contributed by atoms with Gasteiger partial charge in [0.2, 0.25) is 5.91 Å². The molecule has 0 radical (unpaired) electrons. The second-order valence-electron chi connectivity index (χ2n) is 10.4. The summed E-state index contributed by atoms with van der Waals surface area (Å²) in [7, 11) is 0. The van der Waals surface area contributed by atoms with Crippen molar-refractivity contribution in [1.29, 1.82) is 0 Å². The molecule has 1 saturated heterocycles. The number of hydrogen-bond donors (Lipinski definition) is 2. The standard InChI is InChI=1S/C26H41N3O3S/c1-26(2,3)32-25(31)28-23(19-33-18-20-10-6-4-7-11-20)24(30)29-16-14-22(15-17-29)27-21-12-8-5-9-13-21/h5,8-9,12-13,20,22-23,27H,4,6-7,10-11,14-19H2,1-3H3,(H,28,31)/t23-/m0/s1. The summed E-state index contributed by atoms with van der Waals surface area (Å²) in [4.78, 5) is 27.7. The zero-order valence-electron chi connectivity index (χ0n) is 20.5. The number of piperidine rings is 1. The van der Waals surface area contributed by atoms with E-state index in [9.17, 15) is 9.59 Å². The van der Waals surface area contributed by atoms with E-state index < -0.39 is 17.7 Å². The van der Waals surface area contributed by atoms with E-state index >= 15 is 0 Å². The van der Waals surface area contributed by atoms with Gasteiger partial charge in [-0.2, -0.15) is 11.8 Å². The molecule has 1 aromatic rings. The highest BCUT2D eigenvalue weighted by atomic mass is 32.2. The molecule has 7 heteroatoms. The zero-order valence-corrected chi connectivity index (χ0v) is 21.3. The Morgan fingerprint density at radius 2 is 1.73 bits per heavy atom. The summed E-state index contributed by atoms with van der Waals surface area (Å²) in [5.41, 5.74) is 0.528. The Morgan fingerprint density at radius 1 is 1.06 bits per heavy atom. The highest BCUT2D eigenvalue weighted by Crippen LogP contribution is 2.27. The van der Waals surface area contributed by atoms with Crippen molar-refractivity contribution in [3.05, 3.63) is 30.3 Å². The molecule has 1 aliphatic heterocycles. The van der Waals surface area contributed by atoms with Crippen LogP contribution in [0.2, 0.25) is 0 Å². The highest BCUT2D eigenvalue weighted by molar-refractivity contribution is 7.99. The van der Waals surface area contributed by atoms with E-state index in [1.807, 2.05) is 43.9 Å². The van der Waals surface area contributed by atoms with E-state index in [-0.39, 0.29) is 5.91 Å². The first-order chi connectivity index (χ1) is 15.8. The first-order valence-corrected chi connectivity index (χ1v) is 13.6. The largest absolute Gasteiger partial charge is 0.444 e. The van der Waals surface area contributed by atoms with E-state index in [1.165, 1.54) is 32.1 Å². The predicted octanol–water partition coefficient (Wildman–Crippen LogP) is 5.30. The summed E-state index contributed by atoms with van der Waals surface area (Å²) >= 11 is 1.79. The average molecular weight is 476 g/mol. The van der Waals surface area contributed by atoms with Gasteiger partial charge in [-0.15, -0.1) is 0 Å². The van der Waals surface area contributed by atoms with E-state index in [0.717, 1.165) is 30.2 Å². The Bertz CT molecular complexity index is 739. The minimum absolute atomic E-state index is 0.00941. The second kappa shape index (κ2) is 12.5. The van der Waals surface area contributed by atoms with Gasteiger partial charge in [0.25, 0.3) is 0 Å². The fraction of sp³-hybridized carbons (Fsp3) is 0.692. The third-order valence-electron chi connectivity index (χ3n) is 6.30. The molecule has 6 nitrogen and oxygen atoms in total. The molecule has 3 rings (SSSR count). The topological polar surface area (TPSA) is 70.7 Å². The van der Waals surface area contributed by atoms with Gasteiger partial charge in [-0.3, -0.25) is 4.79 Å². The first kappa shape index (κ1) is 25.7. The number of anilines is 1. The van der Waals surface area contributed by atoms with Gasteiger partial charge < -0.3 is 20.3 Å². The normalized spacial score (nSPS) is 19.1. The lowest BCUT2D eigenvalue weighted by Crippen LogP contribution is -2.53. The van der Waals surface area contributed by atoms with Gasteiger partial charge in [0.1, 0.15) is 11.6 Å². The van der Waals surface area contributed by atoms with Crippen LogP contribution < -0.4 is 10.6 Å². The van der Waals surface area contributed by atoms with Gasteiger partial charge in [-0.25, -0.2) is 4.79 Å². The van der Waals surface area contributed by atoms with Gasteiger partial charge in [0, 0.05) is 30.6 Å². The number of carbonyl (C=O) groups is 2. The van der Waals surface area contributed by atoms with Crippen LogP contribution in [0.3, 0.4) is 0 Å². The molecule has 2 aliphatic rings. The van der Waals surface area contributed by atoms with Crippen LogP contribution in [0.1, 0.15) is 65.7 Å². The number of likely N-dealkylation sites (tertiary alicyclic amines) is 1. The lowest BCUT2D eigenvalue weighted by Gasteiger charge is -2.35. The molecule has 0 bridgehead atoms. The van der Waals surface area contributed by atoms with Crippen molar-refractivity contribution < 1.29 is 14.3 Å². The fourth-order valence-electron chi connectivity index (χ4n) is 4.57. The van der Waals surface area contributed by atoms with E-state index in [1.54, 1.807) is 11.8 Å².